The highest BCUT2D eigenvalue weighted by molar-refractivity contribution is 9.11. The van der Waals surface area contributed by atoms with Crippen LogP contribution in [0.3, 0.4) is 0 Å². The third-order valence-corrected chi connectivity index (χ3v) is 6.06. The van der Waals surface area contributed by atoms with Gasteiger partial charge >= 0.3 is 0 Å². The maximum Gasteiger partial charge on any atom is 0.274 e. The van der Waals surface area contributed by atoms with Crippen molar-refractivity contribution in [2.24, 2.45) is 0 Å². The van der Waals surface area contributed by atoms with E-state index in [-0.39, 0.29) is 23.0 Å². The van der Waals surface area contributed by atoms with Crippen molar-refractivity contribution in [3.8, 4) is 11.5 Å². The largest absolute Gasteiger partial charge is 0.507 e. The fourth-order valence-corrected chi connectivity index (χ4v) is 4.57. The third kappa shape index (κ3) is 3.55. The van der Waals surface area contributed by atoms with E-state index in [2.05, 4.69) is 73.7 Å². The third-order valence-electron chi connectivity index (χ3n) is 3.47. The van der Waals surface area contributed by atoms with Crippen LogP contribution >= 0.6 is 63.7 Å². The molecule has 0 amide bonds. The van der Waals surface area contributed by atoms with Gasteiger partial charge in [0.2, 0.25) is 0 Å². The van der Waals surface area contributed by atoms with E-state index >= 15 is 0 Å². The zero-order valence-corrected chi connectivity index (χ0v) is 18.9. The number of halogens is 4. The summed E-state index contributed by atoms with van der Waals surface area (Å²) in [5, 5.41) is 30.0. The van der Waals surface area contributed by atoms with Crippen LogP contribution in [-0.2, 0) is 0 Å². The molecule has 0 bridgehead atoms. The Balaban J connectivity index is 2.16. The minimum absolute atomic E-state index is 0.00210. The SMILES string of the molecule is O=c1[nH]c2c(Br)c(O)c(Br)cc2nc1/C=C(\O)c1cc(Br)c(O)c(Br)c1. The van der Waals surface area contributed by atoms with E-state index in [1.54, 1.807) is 6.07 Å². The molecule has 0 fully saturated rings. The van der Waals surface area contributed by atoms with E-state index in [9.17, 15) is 20.1 Å². The molecular formula is C16H8Br4N2O4. The standard InChI is InChI=1S/C16H8Br4N2O4/c17-6-1-5(2-7(18)14(6)24)11(23)4-10-16(26)22-13-9(21-10)3-8(19)15(25)12(13)20/h1-4,23-25H,(H,22,26)/b11-4-. The molecule has 0 spiro atoms. The first-order valence-corrected chi connectivity index (χ1v) is 10.1. The first kappa shape index (κ1) is 19.4. The number of benzene rings is 2. The van der Waals surface area contributed by atoms with Crippen molar-refractivity contribution in [1.82, 2.24) is 9.97 Å². The summed E-state index contributed by atoms with van der Waals surface area (Å²) in [7, 11) is 0. The Bertz CT molecular complexity index is 1120. The van der Waals surface area contributed by atoms with Crippen LogP contribution in [-0.4, -0.2) is 25.3 Å². The number of rotatable bonds is 2. The summed E-state index contributed by atoms with van der Waals surface area (Å²) in [6.07, 6.45) is 1.22. The van der Waals surface area contributed by atoms with Crippen LogP contribution in [0.25, 0.3) is 22.9 Å². The molecule has 2 aromatic carbocycles. The van der Waals surface area contributed by atoms with Crippen LogP contribution in [0.1, 0.15) is 11.3 Å². The molecule has 3 rings (SSSR count). The second kappa shape index (κ2) is 7.34. The Morgan fingerprint density at radius 1 is 1.00 bits per heavy atom. The highest BCUT2D eigenvalue weighted by atomic mass is 79.9. The molecule has 0 unspecified atom stereocenters. The molecule has 0 saturated heterocycles. The quantitative estimate of drug-likeness (QED) is 0.289. The van der Waals surface area contributed by atoms with Crippen molar-refractivity contribution in [1.29, 1.82) is 0 Å². The minimum atomic E-state index is -0.539. The molecule has 1 aromatic heterocycles. The minimum Gasteiger partial charge on any atom is -0.507 e. The van der Waals surface area contributed by atoms with Crippen LogP contribution in [0.4, 0.5) is 0 Å². The topological polar surface area (TPSA) is 106 Å². The van der Waals surface area contributed by atoms with Gasteiger partial charge in [-0.2, -0.15) is 0 Å². The lowest BCUT2D eigenvalue weighted by atomic mass is 10.1. The van der Waals surface area contributed by atoms with Crippen LogP contribution in [0.5, 0.6) is 11.5 Å². The van der Waals surface area contributed by atoms with Gasteiger partial charge in [0, 0.05) is 11.6 Å². The lowest BCUT2D eigenvalue weighted by Crippen LogP contribution is -2.12. The van der Waals surface area contributed by atoms with E-state index in [4.69, 9.17) is 0 Å². The normalized spacial score (nSPS) is 11.9. The van der Waals surface area contributed by atoms with Gasteiger partial charge in [-0.15, -0.1) is 0 Å². The summed E-state index contributed by atoms with van der Waals surface area (Å²) in [6, 6.07) is 4.56. The van der Waals surface area contributed by atoms with Gasteiger partial charge in [0.15, 0.2) is 0 Å². The number of aromatic hydroxyl groups is 2. The highest BCUT2D eigenvalue weighted by Gasteiger charge is 2.14. The summed E-state index contributed by atoms with van der Waals surface area (Å²) < 4.78 is 1.47. The van der Waals surface area contributed by atoms with Gasteiger partial charge in [-0.3, -0.25) is 4.79 Å². The molecule has 0 aliphatic rings. The lowest BCUT2D eigenvalue weighted by Gasteiger charge is -2.07. The molecule has 0 saturated carbocycles. The average Bonchev–Trinajstić information content (AvgIpc) is 2.59. The van der Waals surface area contributed by atoms with E-state index in [1.165, 1.54) is 18.2 Å². The summed E-state index contributed by atoms with van der Waals surface area (Å²) in [6.45, 7) is 0. The van der Waals surface area contributed by atoms with Crippen molar-refractivity contribution in [3.63, 3.8) is 0 Å². The van der Waals surface area contributed by atoms with Gasteiger partial charge in [0.25, 0.3) is 5.56 Å². The molecular weight excluding hydrogens is 604 g/mol. The lowest BCUT2D eigenvalue weighted by molar-refractivity contribution is 0.467. The van der Waals surface area contributed by atoms with Crippen LogP contribution in [0.15, 0.2) is 40.9 Å². The maximum absolute atomic E-state index is 12.3. The molecule has 134 valence electrons. The number of aliphatic hydroxyl groups is 1. The molecule has 0 atom stereocenters. The second-order valence-electron chi connectivity index (χ2n) is 5.18. The van der Waals surface area contributed by atoms with Crippen LogP contribution in [0.2, 0.25) is 0 Å². The molecule has 0 aliphatic heterocycles. The van der Waals surface area contributed by atoms with Crippen molar-refractivity contribution in [2.75, 3.05) is 0 Å². The molecule has 4 N–H and O–H groups in total. The van der Waals surface area contributed by atoms with E-state index in [0.29, 0.717) is 34.5 Å². The summed E-state index contributed by atoms with van der Waals surface area (Å²) in [5.74, 6) is -0.265. The van der Waals surface area contributed by atoms with Gasteiger partial charge in [-0.05, 0) is 81.9 Å². The number of aromatic nitrogens is 2. The zero-order chi connectivity index (χ0) is 19.2. The molecule has 1 heterocycles. The number of aliphatic hydroxyl groups excluding tert-OH is 1. The molecule has 6 nitrogen and oxygen atoms in total. The van der Waals surface area contributed by atoms with E-state index in [0.717, 1.165) is 0 Å². The Morgan fingerprint density at radius 2 is 1.58 bits per heavy atom. The van der Waals surface area contributed by atoms with E-state index in [1.807, 2.05) is 0 Å². The fraction of sp³-hybridized carbons (Fsp3) is 0. The van der Waals surface area contributed by atoms with Crippen molar-refractivity contribution >= 4 is 86.6 Å². The number of nitrogens with one attached hydrogen (secondary N) is 1. The van der Waals surface area contributed by atoms with Crippen molar-refractivity contribution in [2.45, 2.75) is 0 Å². The Kier molecular flexibility index (Phi) is 5.48. The highest BCUT2D eigenvalue weighted by Crippen LogP contribution is 2.37. The van der Waals surface area contributed by atoms with Gasteiger partial charge < -0.3 is 20.3 Å². The monoisotopic (exact) mass is 608 g/mol. The maximum atomic E-state index is 12.3. The van der Waals surface area contributed by atoms with Gasteiger partial charge in [-0.1, -0.05) is 0 Å². The average molecular weight is 612 g/mol. The number of H-pyrrole nitrogens is 1. The van der Waals surface area contributed by atoms with Crippen LogP contribution < -0.4 is 5.56 Å². The van der Waals surface area contributed by atoms with Gasteiger partial charge in [-0.25, -0.2) is 4.98 Å². The molecule has 0 aliphatic carbocycles. The van der Waals surface area contributed by atoms with Gasteiger partial charge in [0.1, 0.15) is 23.0 Å². The summed E-state index contributed by atoms with van der Waals surface area (Å²) in [5.41, 5.74) is 0.565. The van der Waals surface area contributed by atoms with E-state index < -0.39 is 5.56 Å². The number of fused-ring (bicyclic) bond motifs is 1. The predicted octanol–water partition coefficient (Wildman–Crippen LogP) is 5.44. The second-order valence-corrected chi connectivity index (χ2v) is 8.54. The zero-order valence-electron chi connectivity index (χ0n) is 12.5. The first-order chi connectivity index (χ1) is 12.2. The smallest absolute Gasteiger partial charge is 0.274 e. The van der Waals surface area contributed by atoms with Crippen LogP contribution in [0, 0.1) is 0 Å². The Labute approximate surface area is 180 Å². The molecule has 10 heteroatoms. The Hall–Kier alpha value is -1.36. The molecule has 3 aromatic rings. The fourth-order valence-electron chi connectivity index (χ4n) is 2.19. The number of phenolic OH excluding ortho intramolecular Hbond substituents is 2. The number of phenols is 2. The Morgan fingerprint density at radius 3 is 2.19 bits per heavy atom. The van der Waals surface area contributed by atoms with Gasteiger partial charge in [0.05, 0.1) is 28.9 Å². The number of hydrogen-bond donors (Lipinski definition) is 4. The summed E-state index contributed by atoms with van der Waals surface area (Å²) >= 11 is 12.8. The molecule has 0 radical (unpaired) electrons. The summed E-state index contributed by atoms with van der Waals surface area (Å²) in [4.78, 5) is 19.2. The van der Waals surface area contributed by atoms with Crippen molar-refractivity contribution in [3.05, 3.63) is 57.7 Å². The molecule has 26 heavy (non-hydrogen) atoms. The first-order valence-electron chi connectivity index (χ1n) is 6.89. The number of hydrogen-bond acceptors (Lipinski definition) is 5. The number of aromatic amines is 1. The predicted molar refractivity (Wildman–Crippen MR) is 113 cm³/mol. The number of nitrogens with zero attached hydrogens (tertiary/aromatic N) is 1. The van der Waals surface area contributed by atoms with Crippen molar-refractivity contribution < 1.29 is 15.3 Å².